The molecule has 1 nitrogen and oxygen atoms in total. The zero-order valence-corrected chi connectivity index (χ0v) is 6.75. The van der Waals surface area contributed by atoms with E-state index in [1.807, 2.05) is 0 Å². The third-order valence-corrected chi connectivity index (χ3v) is 4.18. The lowest BCUT2D eigenvalue weighted by atomic mass is 9.81. The van der Waals surface area contributed by atoms with Crippen molar-refractivity contribution in [2.75, 3.05) is 0 Å². The van der Waals surface area contributed by atoms with Crippen LogP contribution >= 0.6 is 0 Å². The van der Waals surface area contributed by atoms with Gasteiger partial charge in [0.1, 0.15) is 5.78 Å². The first-order chi connectivity index (χ1) is 5.36. The van der Waals surface area contributed by atoms with E-state index >= 15 is 0 Å². The molecule has 4 atom stereocenters. The van der Waals surface area contributed by atoms with Crippen LogP contribution in [0.4, 0.5) is 0 Å². The van der Waals surface area contributed by atoms with E-state index in [9.17, 15) is 4.79 Å². The van der Waals surface area contributed by atoms with Crippen LogP contribution in [0.5, 0.6) is 0 Å². The van der Waals surface area contributed by atoms with Gasteiger partial charge in [-0.1, -0.05) is 6.42 Å². The van der Waals surface area contributed by atoms with Crippen LogP contribution in [0.1, 0.15) is 32.1 Å². The van der Waals surface area contributed by atoms with Gasteiger partial charge in [-0.15, -0.1) is 0 Å². The Balaban J connectivity index is 1.95. The maximum atomic E-state index is 11.4. The van der Waals surface area contributed by atoms with Crippen LogP contribution in [-0.4, -0.2) is 5.78 Å². The number of rotatable bonds is 0. The Bertz CT molecular complexity index is 209. The van der Waals surface area contributed by atoms with Crippen molar-refractivity contribution < 1.29 is 4.79 Å². The van der Waals surface area contributed by atoms with Crippen molar-refractivity contribution in [2.45, 2.75) is 32.1 Å². The molecule has 0 saturated heterocycles. The summed E-state index contributed by atoms with van der Waals surface area (Å²) in [5, 5.41) is 0. The van der Waals surface area contributed by atoms with E-state index in [1.54, 1.807) is 0 Å². The number of Topliss-reactive ketones (excluding diaryl/α,β-unsaturated/α-hetero) is 1. The van der Waals surface area contributed by atoms with Gasteiger partial charge in [-0.05, 0) is 37.0 Å². The second-order valence-corrected chi connectivity index (χ2v) is 4.53. The van der Waals surface area contributed by atoms with Gasteiger partial charge in [-0.2, -0.15) is 0 Å². The number of fused-ring (bicyclic) bond motifs is 5. The van der Waals surface area contributed by atoms with E-state index in [1.165, 1.54) is 25.7 Å². The van der Waals surface area contributed by atoms with Gasteiger partial charge in [0, 0.05) is 12.3 Å². The van der Waals surface area contributed by atoms with E-state index in [4.69, 9.17) is 0 Å². The van der Waals surface area contributed by atoms with Crippen molar-refractivity contribution >= 4 is 5.78 Å². The van der Waals surface area contributed by atoms with Gasteiger partial charge >= 0.3 is 0 Å². The van der Waals surface area contributed by atoms with Gasteiger partial charge in [-0.25, -0.2) is 0 Å². The van der Waals surface area contributed by atoms with Crippen LogP contribution in [0, 0.1) is 23.7 Å². The minimum absolute atomic E-state index is 0.521. The first kappa shape index (κ1) is 6.22. The number of carbonyl (C=O) groups excluding carboxylic acids is 1. The van der Waals surface area contributed by atoms with Crippen LogP contribution in [0.25, 0.3) is 0 Å². The minimum atomic E-state index is 0.521. The van der Waals surface area contributed by atoms with Crippen molar-refractivity contribution in [1.29, 1.82) is 0 Å². The molecule has 0 aromatic heterocycles. The number of hydrogen-bond acceptors (Lipinski definition) is 1. The predicted molar refractivity (Wildman–Crippen MR) is 42.1 cm³/mol. The first-order valence-corrected chi connectivity index (χ1v) is 4.89. The second kappa shape index (κ2) is 1.88. The summed E-state index contributed by atoms with van der Waals surface area (Å²) in [4.78, 5) is 11.4. The van der Waals surface area contributed by atoms with E-state index in [0.29, 0.717) is 11.7 Å². The molecule has 0 aromatic rings. The molecule has 0 radical (unpaired) electrons. The molecular weight excluding hydrogens is 136 g/mol. The van der Waals surface area contributed by atoms with E-state index in [0.717, 1.165) is 24.2 Å². The standard InChI is InChI=1S/C10H14O/c11-10-5-6-4-9(10)8-3-1-2-7(6)8/h6-9H,1-5H2/t6-,7-,8-,9-/m1/s1. The molecule has 11 heavy (non-hydrogen) atoms. The molecular formula is C10H14O. The van der Waals surface area contributed by atoms with Crippen molar-refractivity contribution in [3.05, 3.63) is 0 Å². The average Bonchev–Trinajstić information content (AvgIpc) is 2.52. The summed E-state index contributed by atoms with van der Waals surface area (Å²) >= 11 is 0. The topological polar surface area (TPSA) is 17.1 Å². The van der Waals surface area contributed by atoms with Crippen molar-refractivity contribution in [3.63, 3.8) is 0 Å². The van der Waals surface area contributed by atoms with Gasteiger partial charge in [-0.3, -0.25) is 4.79 Å². The van der Waals surface area contributed by atoms with Gasteiger partial charge in [0.05, 0.1) is 0 Å². The predicted octanol–water partition coefficient (Wildman–Crippen LogP) is 2.01. The molecule has 0 heterocycles. The molecule has 3 rings (SSSR count). The molecule has 0 amide bonds. The Morgan fingerprint density at radius 2 is 2.00 bits per heavy atom. The molecule has 0 aromatic carbocycles. The molecule has 60 valence electrons. The lowest BCUT2D eigenvalue weighted by molar-refractivity contribution is -0.123. The number of carbonyl (C=O) groups is 1. The van der Waals surface area contributed by atoms with Crippen LogP contribution in [0.3, 0.4) is 0 Å². The Morgan fingerprint density at radius 1 is 1.18 bits per heavy atom. The monoisotopic (exact) mass is 150 g/mol. The van der Waals surface area contributed by atoms with E-state index in [2.05, 4.69) is 0 Å². The molecule has 2 bridgehead atoms. The fourth-order valence-corrected chi connectivity index (χ4v) is 3.79. The molecule has 0 N–H and O–H groups in total. The molecule has 3 aliphatic carbocycles. The average molecular weight is 150 g/mol. The second-order valence-electron chi connectivity index (χ2n) is 4.53. The van der Waals surface area contributed by atoms with Crippen molar-refractivity contribution in [2.24, 2.45) is 23.7 Å². The van der Waals surface area contributed by atoms with Gasteiger partial charge in [0.2, 0.25) is 0 Å². The lowest BCUT2D eigenvalue weighted by Gasteiger charge is -2.22. The quantitative estimate of drug-likeness (QED) is 0.516. The summed E-state index contributed by atoms with van der Waals surface area (Å²) in [6, 6.07) is 0. The summed E-state index contributed by atoms with van der Waals surface area (Å²) in [7, 11) is 0. The Labute approximate surface area is 67.2 Å². The highest BCUT2D eigenvalue weighted by Crippen LogP contribution is 2.57. The van der Waals surface area contributed by atoms with Crippen LogP contribution in [0.15, 0.2) is 0 Å². The summed E-state index contributed by atoms with van der Waals surface area (Å²) < 4.78 is 0. The molecule has 1 heteroatoms. The third kappa shape index (κ3) is 0.646. The zero-order chi connectivity index (χ0) is 7.42. The fourth-order valence-electron chi connectivity index (χ4n) is 3.79. The van der Waals surface area contributed by atoms with Crippen LogP contribution in [-0.2, 0) is 4.79 Å². The fraction of sp³-hybridized carbons (Fsp3) is 0.900. The lowest BCUT2D eigenvalue weighted by Crippen LogP contribution is -2.23. The Morgan fingerprint density at radius 3 is 2.91 bits per heavy atom. The van der Waals surface area contributed by atoms with Crippen LogP contribution < -0.4 is 0 Å². The van der Waals surface area contributed by atoms with Crippen molar-refractivity contribution in [3.8, 4) is 0 Å². The Hall–Kier alpha value is -0.330. The minimum Gasteiger partial charge on any atom is -0.299 e. The maximum absolute atomic E-state index is 11.4. The molecule has 0 unspecified atom stereocenters. The highest BCUT2D eigenvalue weighted by Gasteiger charge is 2.53. The largest absolute Gasteiger partial charge is 0.299 e. The normalized spacial score (nSPS) is 53.6. The molecule has 3 fully saturated rings. The third-order valence-electron chi connectivity index (χ3n) is 4.18. The molecule has 3 aliphatic rings. The number of ketones is 1. The van der Waals surface area contributed by atoms with Gasteiger partial charge in [0.25, 0.3) is 0 Å². The molecule has 0 aliphatic heterocycles. The van der Waals surface area contributed by atoms with Crippen LogP contribution in [0.2, 0.25) is 0 Å². The highest BCUT2D eigenvalue weighted by atomic mass is 16.1. The smallest absolute Gasteiger partial charge is 0.136 e. The zero-order valence-electron chi connectivity index (χ0n) is 6.75. The number of hydrogen-bond donors (Lipinski definition) is 0. The summed E-state index contributed by atoms with van der Waals surface area (Å²) in [5.41, 5.74) is 0. The van der Waals surface area contributed by atoms with Gasteiger partial charge < -0.3 is 0 Å². The summed E-state index contributed by atoms with van der Waals surface area (Å²) in [6.45, 7) is 0. The summed E-state index contributed by atoms with van der Waals surface area (Å²) in [5.74, 6) is 3.74. The van der Waals surface area contributed by atoms with Crippen molar-refractivity contribution in [1.82, 2.24) is 0 Å². The van der Waals surface area contributed by atoms with E-state index in [-0.39, 0.29) is 0 Å². The molecule has 3 saturated carbocycles. The maximum Gasteiger partial charge on any atom is 0.136 e. The summed E-state index contributed by atoms with van der Waals surface area (Å²) in [6.07, 6.45) is 6.38. The highest BCUT2D eigenvalue weighted by molar-refractivity contribution is 5.85. The molecule has 0 spiro atoms. The first-order valence-electron chi connectivity index (χ1n) is 4.89. The SMILES string of the molecule is O=C1C[C@H]2C[C@@H]1[C@@H]1CCC[C@H]21. The van der Waals surface area contributed by atoms with Gasteiger partial charge in [0.15, 0.2) is 0 Å². The Kier molecular flexibility index (Phi) is 1.06. The van der Waals surface area contributed by atoms with E-state index < -0.39 is 0 Å².